The highest BCUT2D eigenvalue weighted by molar-refractivity contribution is 7.18. The fourth-order valence-corrected chi connectivity index (χ4v) is 3.18. The molecule has 0 radical (unpaired) electrons. The van der Waals surface area contributed by atoms with Crippen molar-refractivity contribution in [2.24, 2.45) is 0 Å². The van der Waals surface area contributed by atoms with Gasteiger partial charge in [0.2, 0.25) is 0 Å². The van der Waals surface area contributed by atoms with E-state index in [0.29, 0.717) is 0 Å². The lowest BCUT2D eigenvalue weighted by Gasteiger charge is -2.17. The molecule has 7 heteroatoms. The summed E-state index contributed by atoms with van der Waals surface area (Å²) in [4.78, 5) is 2.42. The largest absolute Gasteiger partial charge is 0.345 e. The third-order valence-electron chi connectivity index (χ3n) is 3.12. The third kappa shape index (κ3) is 6.75. The average molecular weight is 379 g/mol. The first-order valence-electron chi connectivity index (χ1n) is 7.11. The van der Waals surface area contributed by atoms with Crippen molar-refractivity contribution in [3.63, 3.8) is 0 Å². The molecule has 0 fully saturated rings. The van der Waals surface area contributed by atoms with Crippen molar-refractivity contribution in [3.05, 3.63) is 82.7 Å². The third-order valence-corrected chi connectivity index (χ3v) is 4.27. The molecule has 0 spiro atoms. The molecule has 0 aliphatic carbocycles. The molecule has 0 amide bonds. The van der Waals surface area contributed by atoms with Gasteiger partial charge in [0, 0.05) is 9.75 Å². The van der Waals surface area contributed by atoms with Crippen LogP contribution in [0.1, 0.15) is 0 Å². The highest BCUT2D eigenvalue weighted by atomic mass is 35.7. The average Bonchev–Trinajstić information content (AvgIpc) is 2.61. The zero-order valence-corrected chi connectivity index (χ0v) is 14.8. The van der Waals surface area contributed by atoms with Crippen molar-refractivity contribution in [2.75, 3.05) is 7.11 Å². The summed E-state index contributed by atoms with van der Waals surface area (Å²) in [5.41, 5.74) is 3.32. The van der Waals surface area contributed by atoms with Gasteiger partial charge in [0.1, 0.15) is 0 Å². The topological polar surface area (TPSA) is 104 Å². The molecule has 1 heterocycles. The van der Waals surface area contributed by atoms with Crippen LogP contribution in [0.3, 0.4) is 0 Å². The summed E-state index contributed by atoms with van der Waals surface area (Å²) in [6.07, 6.45) is 0. The lowest BCUT2D eigenvalue weighted by Crippen LogP contribution is -2.68. The maximum Gasteiger partial charge on any atom is 0.345 e. The number of hydrogen-bond acceptors (Lipinski definition) is 5. The Kier molecular flexibility index (Phi) is 6.83. The van der Waals surface area contributed by atoms with E-state index in [0.717, 1.165) is 5.43 Å². The molecule has 130 valence electrons. The minimum absolute atomic E-state index is 0.890. The molecule has 0 aliphatic heterocycles. The standard InChI is InChI=1S/C18H15OS.ClHO4/c1-19-16-12-17(14-8-4-2-5-9-14)20-18(13-16)15-10-6-3-7-11-15;2-1(3,4)5/h2-13H,1H3;(H,2,3,4,5)/q+1;/p-1. The zero-order valence-electron chi connectivity index (χ0n) is 13.3. The van der Waals surface area contributed by atoms with Crippen LogP contribution in [0.4, 0.5) is 0 Å². The Labute approximate surface area is 151 Å². The summed E-state index contributed by atoms with van der Waals surface area (Å²) < 4.78 is 39.4. The van der Waals surface area contributed by atoms with Gasteiger partial charge in [-0.15, -0.1) is 21.6 Å². The van der Waals surface area contributed by atoms with Gasteiger partial charge in [-0.1, -0.05) is 60.7 Å². The first-order chi connectivity index (χ1) is 11.9. The smallest absolute Gasteiger partial charge is 0.258 e. The van der Waals surface area contributed by atoms with Crippen LogP contribution in [0.25, 0.3) is 20.9 Å². The Bertz CT molecular complexity index is 791. The van der Waals surface area contributed by atoms with Gasteiger partial charge in [0.05, 0.1) is 12.1 Å². The van der Waals surface area contributed by atoms with Gasteiger partial charge >= 0.3 is 5.43 Å². The van der Waals surface area contributed by atoms with Crippen molar-refractivity contribution < 1.29 is 28.9 Å². The maximum absolute atomic E-state index is 8.49. The SMILES string of the molecule is C[O+]=c1cc(-c2ccccc2)sc(-c2ccccc2)c1.[O-][Cl+3]([O-])([O-])[O-]. The van der Waals surface area contributed by atoms with E-state index in [4.69, 9.17) is 23.1 Å². The minimum atomic E-state index is -4.94. The molecular formula is C18H15ClO5S. The van der Waals surface area contributed by atoms with Crippen LogP contribution in [-0.2, 0) is 0 Å². The molecule has 0 unspecified atom stereocenters. The number of halogens is 1. The van der Waals surface area contributed by atoms with Gasteiger partial charge in [0.15, 0.2) is 0 Å². The summed E-state index contributed by atoms with van der Waals surface area (Å²) in [6, 6.07) is 25.0. The molecule has 0 N–H and O–H groups in total. The van der Waals surface area contributed by atoms with E-state index >= 15 is 0 Å². The fourth-order valence-electron chi connectivity index (χ4n) is 2.08. The van der Waals surface area contributed by atoms with Gasteiger partial charge in [-0.3, -0.25) is 4.42 Å². The van der Waals surface area contributed by atoms with Crippen molar-refractivity contribution in [3.8, 4) is 20.9 Å². The molecule has 25 heavy (non-hydrogen) atoms. The van der Waals surface area contributed by atoms with Crippen LogP contribution in [0.15, 0.2) is 77.2 Å². The van der Waals surface area contributed by atoms with E-state index in [1.165, 1.54) is 20.9 Å². The van der Waals surface area contributed by atoms with E-state index in [1.54, 1.807) is 18.4 Å². The summed E-state index contributed by atoms with van der Waals surface area (Å²) in [7, 11) is -3.23. The lowest BCUT2D eigenvalue weighted by molar-refractivity contribution is -2.00. The van der Waals surface area contributed by atoms with Gasteiger partial charge in [-0.25, -0.2) is 18.6 Å². The number of hydrogen-bond donors (Lipinski definition) is 0. The Balaban J connectivity index is 0.000000399. The molecule has 3 aromatic rings. The van der Waals surface area contributed by atoms with Gasteiger partial charge < -0.3 is 0 Å². The predicted molar refractivity (Wildman–Crippen MR) is 87.4 cm³/mol. The first-order valence-corrected chi connectivity index (χ1v) is 9.16. The zero-order chi connectivity index (χ0) is 18.3. The molecule has 0 atom stereocenters. The Morgan fingerprint density at radius 2 is 1.08 bits per heavy atom. The van der Waals surface area contributed by atoms with E-state index in [1.807, 2.05) is 12.1 Å². The van der Waals surface area contributed by atoms with Crippen LogP contribution >= 0.6 is 11.3 Å². The van der Waals surface area contributed by atoms with Gasteiger partial charge in [-0.05, 0) is 11.1 Å². The second-order valence-corrected chi connectivity index (χ2v) is 6.68. The van der Waals surface area contributed by atoms with Gasteiger partial charge in [-0.2, -0.15) is 0 Å². The van der Waals surface area contributed by atoms with E-state index in [9.17, 15) is 0 Å². The second kappa shape index (κ2) is 8.87. The fraction of sp³-hybridized carbons (Fsp3) is 0.0556. The summed E-state index contributed by atoms with van der Waals surface area (Å²) in [5, 5.41) is 0. The quantitative estimate of drug-likeness (QED) is 0.578. The molecule has 0 bridgehead atoms. The highest BCUT2D eigenvalue weighted by Crippen LogP contribution is 2.30. The number of benzene rings is 2. The monoisotopic (exact) mass is 378 g/mol. The molecule has 0 saturated carbocycles. The molecule has 0 aliphatic rings. The second-order valence-electron chi connectivity index (χ2n) is 4.84. The molecule has 0 saturated heterocycles. The Morgan fingerprint density at radius 3 is 1.40 bits per heavy atom. The molecule has 3 rings (SSSR count). The summed E-state index contributed by atoms with van der Waals surface area (Å²) in [5.74, 6) is 0. The normalized spacial score (nSPS) is 10.6. The van der Waals surface area contributed by atoms with Crippen molar-refractivity contribution in [2.45, 2.75) is 0 Å². The van der Waals surface area contributed by atoms with Crippen LogP contribution in [-0.4, -0.2) is 7.11 Å². The highest BCUT2D eigenvalue weighted by Gasteiger charge is 2.07. The van der Waals surface area contributed by atoms with Gasteiger partial charge in [0.25, 0.3) is 7.11 Å². The van der Waals surface area contributed by atoms with Crippen LogP contribution < -0.4 is 24.1 Å². The molecule has 5 nitrogen and oxygen atoms in total. The maximum atomic E-state index is 8.49. The van der Waals surface area contributed by atoms with Crippen LogP contribution in [0.5, 0.6) is 0 Å². The van der Waals surface area contributed by atoms with E-state index in [2.05, 4.69) is 60.7 Å². The Morgan fingerprint density at radius 1 is 0.720 bits per heavy atom. The Hall–Kier alpha value is -2.06. The minimum Gasteiger partial charge on any atom is -0.258 e. The summed E-state index contributed by atoms with van der Waals surface area (Å²) >= 11 is 1.78. The summed E-state index contributed by atoms with van der Waals surface area (Å²) in [6.45, 7) is 0. The molecule has 1 aromatic heterocycles. The van der Waals surface area contributed by atoms with E-state index in [-0.39, 0.29) is 0 Å². The van der Waals surface area contributed by atoms with Crippen LogP contribution in [0, 0.1) is 10.2 Å². The first kappa shape index (κ1) is 19.3. The lowest BCUT2D eigenvalue weighted by atomic mass is 10.1. The van der Waals surface area contributed by atoms with Crippen LogP contribution in [0.2, 0.25) is 0 Å². The van der Waals surface area contributed by atoms with Crippen molar-refractivity contribution in [1.82, 2.24) is 0 Å². The predicted octanol–water partition coefficient (Wildman–Crippen LogP) is -0.148. The van der Waals surface area contributed by atoms with E-state index < -0.39 is 10.2 Å². The molecular weight excluding hydrogens is 364 g/mol. The number of rotatable bonds is 2. The molecule has 2 aromatic carbocycles. The van der Waals surface area contributed by atoms with Crippen molar-refractivity contribution in [1.29, 1.82) is 0 Å². The van der Waals surface area contributed by atoms with Crippen molar-refractivity contribution >= 4 is 11.3 Å².